The minimum Gasteiger partial charge on any atom is -0.505 e. The Morgan fingerprint density at radius 2 is 0.859 bits per heavy atom. The van der Waals surface area contributed by atoms with Gasteiger partial charge >= 0.3 is 50.9 Å². The maximum Gasteiger partial charge on any atom is 0.369 e. The number of phenolic OH excluding ortho intramolecular Hbond substituents is 1. The molecule has 700 valence electrons. The van der Waals surface area contributed by atoms with Gasteiger partial charge in [0.2, 0.25) is 0 Å². The number of hydrogen-bond donors (Lipinski definition) is 6. The van der Waals surface area contributed by atoms with E-state index in [4.69, 9.17) is 62.9 Å². The number of fused-ring (bicyclic) bond motifs is 4. The smallest absolute Gasteiger partial charge is 0.369 e. The van der Waals surface area contributed by atoms with Gasteiger partial charge in [0.05, 0.1) is 88.2 Å². The van der Waals surface area contributed by atoms with E-state index in [2.05, 4.69) is 72.7 Å². The normalized spacial score (nSPS) is 13.1. The van der Waals surface area contributed by atoms with Crippen LogP contribution in [0.15, 0.2) is 115 Å². The van der Waals surface area contributed by atoms with Crippen LogP contribution in [0, 0.1) is 40.7 Å². The number of aliphatic carboxylic acids is 4. The number of ketones is 1. The number of methoxy groups -OCH3 is 6. The van der Waals surface area contributed by atoms with Crippen molar-refractivity contribution in [3.63, 3.8) is 0 Å². The molecule has 4 aliphatic carbocycles. The summed E-state index contributed by atoms with van der Waals surface area (Å²) in [6.07, 6.45) is 11.4. The Kier molecular flexibility index (Phi) is 55.4. The summed E-state index contributed by atoms with van der Waals surface area (Å²) < 4.78 is 166. The van der Waals surface area contributed by atoms with Crippen LogP contribution >= 0.6 is 63.2 Å². The van der Waals surface area contributed by atoms with Crippen molar-refractivity contribution in [2.45, 2.75) is 123 Å². The number of carboxylic acid groups (broad SMARTS) is 4. The van der Waals surface area contributed by atoms with Crippen molar-refractivity contribution < 1.29 is 165 Å². The van der Waals surface area contributed by atoms with Crippen LogP contribution in [0.5, 0.6) is 40.2 Å². The molecular formula is C87H98BBr4F7O28S. The van der Waals surface area contributed by atoms with E-state index in [9.17, 15) is 92.2 Å². The number of carboxylic acids is 4. The number of ether oxygens (including phenoxy) is 10. The second kappa shape index (κ2) is 61.6. The molecule has 0 aromatic heterocycles. The van der Waals surface area contributed by atoms with Crippen LogP contribution < -0.4 is 28.4 Å². The molecule has 28 nitrogen and oxygen atoms in total. The molecule has 7 aromatic rings. The first-order chi connectivity index (χ1) is 60.3. The van der Waals surface area contributed by atoms with E-state index in [0.29, 0.717) is 86.7 Å². The number of Topliss-reactive ketones (excluding diaryl/α,β-unsaturated/α-hetero) is 1. The molecule has 0 radical (unpaired) electrons. The lowest BCUT2D eigenvalue weighted by Gasteiger charge is -2.12. The summed E-state index contributed by atoms with van der Waals surface area (Å²) in [6.45, 7) is 8.63. The van der Waals surface area contributed by atoms with Crippen molar-refractivity contribution in [2.24, 2.45) is 0 Å². The zero-order valence-electron chi connectivity index (χ0n) is 71.3. The first kappa shape index (κ1) is 115. The van der Waals surface area contributed by atoms with Crippen LogP contribution in [-0.2, 0) is 99.5 Å². The number of rotatable bonds is 24. The molecule has 7 aromatic carbocycles. The Morgan fingerprint density at radius 1 is 0.477 bits per heavy atom. The van der Waals surface area contributed by atoms with E-state index in [1.165, 1.54) is 134 Å². The zero-order valence-corrected chi connectivity index (χ0v) is 78.5. The number of aldehydes is 1. The number of aromatic hydroxyl groups is 1. The monoisotopic (exact) mass is 2080 g/mol. The highest BCUT2D eigenvalue weighted by Crippen LogP contribution is 2.41. The number of halogens is 11. The Hall–Kier alpha value is -10.9. The Morgan fingerprint density at radius 3 is 1.27 bits per heavy atom. The maximum absolute atomic E-state index is 13.7. The third-order valence-corrected chi connectivity index (χ3v) is 17.7. The number of alkyl halides is 1. The van der Waals surface area contributed by atoms with E-state index < -0.39 is 75.3 Å². The van der Waals surface area contributed by atoms with Crippen molar-refractivity contribution >= 4 is 148 Å². The number of carbonyl (C=O) groups is 10. The highest BCUT2D eigenvalue weighted by Gasteiger charge is 2.30. The molecule has 4 aliphatic rings. The van der Waals surface area contributed by atoms with E-state index >= 15 is 0 Å². The zero-order chi connectivity index (χ0) is 97.1. The maximum atomic E-state index is 13.7. The Bertz CT molecular complexity index is 5020. The minimum atomic E-state index is -3.67. The molecule has 0 saturated heterocycles. The molecular weight excluding hydrogens is 1990 g/mol. The van der Waals surface area contributed by atoms with Gasteiger partial charge in [-0.3, -0.25) is 42.9 Å². The lowest BCUT2D eigenvalue weighted by atomic mass is 9.97. The first-order valence-electron chi connectivity index (χ1n) is 38.2. The summed E-state index contributed by atoms with van der Waals surface area (Å²) in [5, 5.41) is 41.8. The topological polar surface area (TPSA) is 419 Å². The first-order valence-corrected chi connectivity index (χ1v) is 44.0. The third kappa shape index (κ3) is 45.2. The molecule has 0 heterocycles. The van der Waals surface area contributed by atoms with Gasteiger partial charge in [0, 0.05) is 36.1 Å². The number of esters is 4. The lowest BCUT2D eigenvalue weighted by Crippen LogP contribution is -2.08. The second-order valence-corrected chi connectivity index (χ2v) is 34.6. The molecule has 0 saturated carbocycles. The van der Waals surface area contributed by atoms with E-state index in [0.717, 1.165) is 94.7 Å². The molecule has 0 aliphatic heterocycles. The molecule has 0 amide bonds. The van der Waals surface area contributed by atoms with Crippen LogP contribution in [0.1, 0.15) is 162 Å². The number of carbonyl (C=O) groups excluding carboxylic acids is 6. The number of allylic oxidation sites excluding steroid dienone is 1. The predicted molar refractivity (Wildman–Crippen MR) is 474 cm³/mol. The highest BCUT2D eigenvalue weighted by molar-refractivity contribution is 9.69. The molecule has 11 rings (SSSR count). The minimum absolute atomic E-state index is 0.0131. The lowest BCUT2D eigenvalue weighted by molar-refractivity contribution is -0.148. The fourth-order valence-electron chi connectivity index (χ4n) is 11.7. The van der Waals surface area contributed by atoms with Crippen LogP contribution in [0.25, 0.3) is 11.6 Å². The average Bonchev–Trinajstić information content (AvgIpc) is 1.66. The molecule has 2 unspecified atom stereocenters. The van der Waals surface area contributed by atoms with Gasteiger partial charge in [0.25, 0.3) is 10.1 Å². The summed E-state index contributed by atoms with van der Waals surface area (Å²) in [4.78, 5) is 105. The van der Waals surface area contributed by atoms with Crippen LogP contribution in [0.2, 0.25) is 0 Å². The molecule has 0 bridgehead atoms. The van der Waals surface area contributed by atoms with Crippen molar-refractivity contribution in [1.29, 1.82) is 0 Å². The van der Waals surface area contributed by atoms with Gasteiger partial charge in [-0.2, -0.15) is 8.42 Å². The molecule has 41 heteroatoms. The van der Waals surface area contributed by atoms with Crippen LogP contribution in [0.3, 0.4) is 0 Å². The Labute approximate surface area is 768 Å². The number of hydrogen-bond acceptors (Lipinski definition) is 23. The predicted octanol–water partition coefficient (Wildman–Crippen LogP) is 17.6. The van der Waals surface area contributed by atoms with Crippen LogP contribution in [0.4, 0.5) is 30.7 Å². The largest absolute Gasteiger partial charge is 0.505 e. The fourth-order valence-corrected chi connectivity index (χ4v) is 11.9. The van der Waals surface area contributed by atoms with Gasteiger partial charge in [0.1, 0.15) is 18.0 Å². The number of benzene rings is 7. The molecule has 0 spiro atoms. The van der Waals surface area contributed by atoms with Crippen molar-refractivity contribution in [3.8, 4) is 40.2 Å². The summed E-state index contributed by atoms with van der Waals surface area (Å²) in [5.74, 6) is -7.98. The number of aryl methyl sites for hydroxylation is 5. The van der Waals surface area contributed by atoms with Gasteiger partial charge in [-0.15, -0.1) is 47.3 Å². The SMILES string of the molecule is BrB(Br)Br.CCOC(=O)/C=C1\CCc2cc(OC)c(F)cc21.CCOC(=O)CBr.CCOC(=O)CC1CCc2cc(O)c(F)cc21.CCOC(=O)CC1CCc2cc(OC)c(F)cc21.COc1cc(/C=C/C(=O)O)ccc1F.COc1cc(C=O)ccc1F.COc1cc(CCC(=O)O)ccc1F.COc1cc2c(cc1F)C(=O)CC2.CS(=O)(=O)O.O=C(O)CC(=O)O. The van der Waals surface area contributed by atoms with E-state index in [1.807, 2.05) is 0 Å². The van der Waals surface area contributed by atoms with Crippen LogP contribution in [-0.4, -0.2) is 182 Å². The van der Waals surface area contributed by atoms with Crippen molar-refractivity contribution in [1.82, 2.24) is 0 Å². The standard InChI is InChI=1S/C14H17FO3.C14H15FO3.C13H15FO3.C10H11FO3.C10H9FO3.C10H9FO2.C8H7FO2.C4H7BrO2.C3H4O4.CH4O3S.BBr3/c2*1-3-18-14(16)7-10-5-4-9-6-13(17-2)12(15)8-11(9)10;1-2-17-13(16)6-9-4-3-8-5-12(15)11(14)7-10(8)9;2*1-14-9-6-7(2-4-8(9)11)3-5-10(12)13;1-13-10-4-6-2-3-9(12)7(6)5-8(10)11;1-11-8-4-6(5-10)2-3-7(8)9;1-2-7-4(6)3-5;4-2(5)1-3(6)7;1-5(2,3)4;2-1(3)4/h6,8,10H,3-5,7H2,1-2H3;6-8H,3-5H2,1-2H3;5,7,9,15H,2-4,6H2,1H3;2,4,6H,3,5H2,1H3,(H,12,13);2-6H,1H3,(H,12,13);4-5H,2-3H2,1H3;2-5H,1H3;2-3H2,1H3;1H2,(H,4,5)(H,6,7);1H3,(H,2,3,4);/b;10-7+;;;5-3+;;;;;;. The van der Waals surface area contributed by atoms with Crippen molar-refractivity contribution in [3.05, 3.63) is 217 Å². The van der Waals surface area contributed by atoms with Gasteiger partial charge in [0.15, 0.2) is 86.8 Å². The van der Waals surface area contributed by atoms with Gasteiger partial charge in [-0.1, -0.05) is 28.1 Å². The summed E-state index contributed by atoms with van der Waals surface area (Å²) >= 11 is 12.3. The van der Waals surface area contributed by atoms with E-state index in [1.54, 1.807) is 52.0 Å². The highest BCUT2D eigenvalue weighted by atomic mass is 79.9. The molecule has 6 N–H and O–H groups in total. The van der Waals surface area contributed by atoms with Gasteiger partial charge in [-0.25, -0.2) is 40.3 Å². The van der Waals surface area contributed by atoms with Gasteiger partial charge in [-0.05, 0) is 244 Å². The van der Waals surface area contributed by atoms with Crippen molar-refractivity contribution in [2.75, 3.05) is 80.7 Å². The summed E-state index contributed by atoms with van der Waals surface area (Å²) in [6, 6.07) is 24.4. The summed E-state index contributed by atoms with van der Waals surface area (Å²) in [7, 11) is 4.72. The fraction of sp³-hybridized carbons (Fsp3) is 0.356. The van der Waals surface area contributed by atoms with E-state index in [-0.39, 0.29) is 104 Å². The Balaban J connectivity index is 0.000000720. The van der Waals surface area contributed by atoms with Gasteiger partial charge < -0.3 is 72.9 Å². The quantitative estimate of drug-likeness (QED) is 0.00377. The molecule has 0 fully saturated rings. The molecule has 128 heavy (non-hydrogen) atoms. The second-order valence-electron chi connectivity index (χ2n) is 26.1. The average molecular weight is 2090 g/mol. The number of phenols is 1. The molecule has 2 atom stereocenters. The third-order valence-electron chi connectivity index (χ3n) is 17.2. The summed E-state index contributed by atoms with van der Waals surface area (Å²) in [5.41, 5.74) is 9.49.